The minimum absolute atomic E-state index is 0. The molecular formula is C16H24ClN3O6S. The van der Waals surface area contributed by atoms with Crippen molar-refractivity contribution in [3.63, 3.8) is 0 Å². The van der Waals surface area contributed by atoms with E-state index in [4.69, 9.17) is 9.84 Å². The summed E-state index contributed by atoms with van der Waals surface area (Å²) in [5.74, 6) is -1.40. The first-order valence-electron chi connectivity index (χ1n) is 8.12. The average Bonchev–Trinajstić information content (AvgIpc) is 2.62. The lowest BCUT2D eigenvalue weighted by molar-refractivity contribution is -0.142. The van der Waals surface area contributed by atoms with Gasteiger partial charge in [0.05, 0.1) is 24.7 Å². The van der Waals surface area contributed by atoms with Gasteiger partial charge in [0.1, 0.15) is 6.04 Å². The third kappa shape index (κ3) is 6.15. The Balaban J connectivity index is 0.00000364. The second-order valence-electron chi connectivity index (χ2n) is 6.02. The first-order chi connectivity index (χ1) is 12.2. The van der Waals surface area contributed by atoms with Crippen LogP contribution in [0.4, 0.5) is 5.69 Å². The Morgan fingerprint density at radius 2 is 1.81 bits per heavy atom. The van der Waals surface area contributed by atoms with Crippen molar-refractivity contribution >= 4 is 40.0 Å². The summed E-state index contributed by atoms with van der Waals surface area (Å²) < 4.78 is 31.6. The van der Waals surface area contributed by atoms with E-state index in [1.165, 1.54) is 47.4 Å². The summed E-state index contributed by atoms with van der Waals surface area (Å²) in [5.41, 5.74) is 0.437. The first kappa shape index (κ1) is 23.3. The number of anilines is 1. The number of rotatable bonds is 7. The molecule has 11 heteroatoms. The van der Waals surface area contributed by atoms with E-state index in [9.17, 15) is 18.0 Å². The van der Waals surface area contributed by atoms with Crippen molar-refractivity contribution in [2.75, 3.05) is 45.2 Å². The molecule has 9 nitrogen and oxygen atoms in total. The lowest BCUT2D eigenvalue weighted by Crippen LogP contribution is -2.41. The summed E-state index contributed by atoms with van der Waals surface area (Å²) in [6.07, 6.45) is 0. The van der Waals surface area contributed by atoms with Gasteiger partial charge >= 0.3 is 5.97 Å². The van der Waals surface area contributed by atoms with Crippen molar-refractivity contribution < 1.29 is 27.9 Å². The maximum atomic E-state index is 12.5. The molecule has 1 aliphatic heterocycles. The topological polar surface area (TPSA) is 116 Å². The van der Waals surface area contributed by atoms with Crippen LogP contribution in [0, 0.1) is 0 Å². The van der Waals surface area contributed by atoms with Crippen LogP contribution in [0.2, 0.25) is 0 Å². The summed E-state index contributed by atoms with van der Waals surface area (Å²) in [5, 5.41) is 11.6. The van der Waals surface area contributed by atoms with Gasteiger partial charge in [-0.2, -0.15) is 4.31 Å². The predicted octanol–water partition coefficient (Wildman–Crippen LogP) is 0.473. The minimum atomic E-state index is -3.58. The van der Waals surface area contributed by atoms with E-state index < -0.39 is 22.0 Å². The summed E-state index contributed by atoms with van der Waals surface area (Å²) in [6, 6.07) is 5.09. The number of hydrogen-bond acceptors (Lipinski definition) is 6. The molecule has 2 N–H and O–H groups in total. The molecule has 0 bridgehead atoms. The van der Waals surface area contributed by atoms with E-state index >= 15 is 0 Å². The van der Waals surface area contributed by atoms with Crippen LogP contribution in [-0.2, 0) is 24.3 Å². The largest absolute Gasteiger partial charge is 0.480 e. The fourth-order valence-corrected chi connectivity index (χ4v) is 3.81. The lowest BCUT2D eigenvalue weighted by atomic mass is 10.3. The number of carboxylic acid groups (broad SMARTS) is 1. The average molecular weight is 422 g/mol. The van der Waals surface area contributed by atoms with E-state index in [1.807, 2.05) is 0 Å². The molecular weight excluding hydrogens is 398 g/mol. The normalized spacial score (nSPS) is 16.4. The molecule has 1 unspecified atom stereocenters. The minimum Gasteiger partial charge on any atom is -0.480 e. The van der Waals surface area contributed by atoms with E-state index in [1.54, 1.807) is 0 Å². The van der Waals surface area contributed by atoms with Crippen molar-refractivity contribution in [1.82, 2.24) is 9.21 Å². The zero-order valence-corrected chi connectivity index (χ0v) is 16.8. The fourth-order valence-electron chi connectivity index (χ4n) is 2.40. The number of halogens is 1. The van der Waals surface area contributed by atoms with Gasteiger partial charge in [0, 0.05) is 18.8 Å². The number of likely N-dealkylation sites (N-methyl/N-ethyl adjacent to an activating group) is 1. The van der Waals surface area contributed by atoms with E-state index in [-0.39, 0.29) is 29.8 Å². The monoisotopic (exact) mass is 421 g/mol. The molecule has 0 saturated carbocycles. The second kappa shape index (κ2) is 10.00. The molecule has 0 spiro atoms. The van der Waals surface area contributed by atoms with Gasteiger partial charge in [0.25, 0.3) is 0 Å². The Kier molecular flexibility index (Phi) is 8.63. The van der Waals surface area contributed by atoms with Crippen LogP contribution in [-0.4, -0.2) is 80.5 Å². The Labute approximate surface area is 164 Å². The molecule has 1 fully saturated rings. The van der Waals surface area contributed by atoms with Crippen LogP contribution in [0.15, 0.2) is 29.2 Å². The molecule has 2 rings (SSSR count). The van der Waals surface area contributed by atoms with Crippen molar-refractivity contribution in [1.29, 1.82) is 0 Å². The zero-order chi connectivity index (χ0) is 19.3. The Morgan fingerprint density at radius 1 is 1.26 bits per heavy atom. The highest BCUT2D eigenvalue weighted by atomic mass is 35.5. The van der Waals surface area contributed by atoms with E-state index in [0.717, 1.165) is 0 Å². The van der Waals surface area contributed by atoms with Gasteiger partial charge in [0.2, 0.25) is 15.9 Å². The number of amides is 1. The van der Waals surface area contributed by atoms with Gasteiger partial charge in [0.15, 0.2) is 0 Å². The first-order valence-corrected chi connectivity index (χ1v) is 9.56. The number of carbonyl (C=O) groups is 2. The molecule has 1 heterocycles. The number of hydrogen-bond donors (Lipinski definition) is 2. The molecule has 1 aromatic carbocycles. The number of benzene rings is 1. The van der Waals surface area contributed by atoms with Crippen LogP contribution >= 0.6 is 12.4 Å². The molecule has 0 aliphatic carbocycles. The van der Waals surface area contributed by atoms with Crippen molar-refractivity contribution in [3.05, 3.63) is 24.3 Å². The highest BCUT2D eigenvalue weighted by Gasteiger charge is 2.26. The number of nitrogens with one attached hydrogen (secondary N) is 1. The quantitative estimate of drug-likeness (QED) is 0.657. The Morgan fingerprint density at radius 3 is 2.33 bits per heavy atom. The molecule has 27 heavy (non-hydrogen) atoms. The summed E-state index contributed by atoms with van der Waals surface area (Å²) in [7, 11) is -2.04. The van der Waals surface area contributed by atoms with Crippen LogP contribution in [0.1, 0.15) is 6.92 Å². The highest BCUT2D eigenvalue weighted by molar-refractivity contribution is 7.89. The Bertz CT molecular complexity index is 750. The number of morpholine rings is 1. The van der Waals surface area contributed by atoms with E-state index in [2.05, 4.69) is 5.32 Å². The Hall–Kier alpha value is -1.72. The molecule has 1 atom stereocenters. The summed E-state index contributed by atoms with van der Waals surface area (Å²) in [6.45, 7) is 2.76. The van der Waals surface area contributed by atoms with Gasteiger partial charge in [-0.05, 0) is 38.2 Å². The zero-order valence-electron chi connectivity index (χ0n) is 15.1. The molecule has 1 amide bonds. The molecule has 1 saturated heterocycles. The third-order valence-corrected chi connectivity index (χ3v) is 6.07. The number of ether oxygens (including phenoxy) is 1. The number of carboxylic acids is 1. The second-order valence-corrected chi connectivity index (χ2v) is 7.96. The maximum Gasteiger partial charge on any atom is 0.320 e. The smallest absolute Gasteiger partial charge is 0.320 e. The van der Waals surface area contributed by atoms with Gasteiger partial charge in [-0.15, -0.1) is 12.4 Å². The lowest BCUT2D eigenvalue weighted by Gasteiger charge is -2.26. The van der Waals surface area contributed by atoms with Crippen LogP contribution < -0.4 is 5.32 Å². The number of carbonyl (C=O) groups excluding carboxylic acids is 1. The van der Waals surface area contributed by atoms with Gasteiger partial charge in [-0.1, -0.05) is 0 Å². The molecule has 0 radical (unpaired) electrons. The third-order valence-electron chi connectivity index (χ3n) is 4.16. The van der Waals surface area contributed by atoms with Crippen LogP contribution in [0.3, 0.4) is 0 Å². The van der Waals surface area contributed by atoms with Gasteiger partial charge < -0.3 is 15.2 Å². The summed E-state index contributed by atoms with van der Waals surface area (Å²) in [4.78, 5) is 24.4. The SMILES string of the molecule is CC(C(=O)O)N(C)CC(=O)Nc1ccc(S(=O)(=O)N2CCOCC2)cc1.Cl. The van der Waals surface area contributed by atoms with Gasteiger partial charge in [-0.3, -0.25) is 14.5 Å². The van der Waals surface area contributed by atoms with Crippen molar-refractivity contribution in [2.24, 2.45) is 0 Å². The van der Waals surface area contributed by atoms with Crippen LogP contribution in [0.25, 0.3) is 0 Å². The maximum absolute atomic E-state index is 12.5. The summed E-state index contributed by atoms with van der Waals surface area (Å²) >= 11 is 0. The molecule has 152 valence electrons. The number of sulfonamides is 1. The standard InChI is InChI=1S/C16H23N3O6S.ClH/c1-12(16(21)22)18(2)11-15(20)17-13-3-5-14(6-4-13)26(23,24)19-7-9-25-10-8-19;/h3-6,12H,7-11H2,1-2H3,(H,17,20)(H,21,22);1H. The van der Waals surface area contributed by atoms with Crippen molar-refractivity contribution in [3.8, 4) is 0 Å². The molecule has 0 aromatic heterocycles. The van der Waals surface area contributed by atoms with E-state index in [0.29, 0.717) is 32.0 Å². The van der Waals surface area contributed by atoms with Crippen molar-refractivity contribution in [2.45, 2.75) is 17.9 Å². The number of aliphatic carboxylic acids is 1. The van der Waals surface area contributed by atoms with Gasteiger partial charge in [-0.25, -0.2) is 8.42 Å². The molecule has 1 aromatic rings. The highest BCUT2D eigenvalue weighted by Crippen LogP contribution is 2.19. The predicted molar refractivity (Wildman–Crippen MR) is 102 cm³/mol. The van der Waals surface area contributed by atoms with Crippen LogP contribution in [0.5, 0.6) is 0 Å². The fraction of sp³-hybridized carbons (Fsp3) is 0.500. The molecule has 1 aliphatic rings. The number of nitrogens with zero attached hydrogens (tertiary/aromatic N) is 2.